The van der Waals surface area contributed by atoms with E-state index in [1.807, 2.05) is 0 Å². The molecular formula is C6H5O4S-. The summed E-state index contributed by atoms with van der Waals surface area (Å²) in [4.78, 5) is -0.301. The summed E-state index contributed by atoms with van der Waals surface area (Å²) in [5.74, 6) is -0.557. The second-order valence-corrected chi connectivity index (χ2v) is 2.80. The number of hydrogen-bond donors (Lipinski definition) is 2. The van der Waals surface area contributed by atoms with Crippen LogP contribution in [-0.4, -0.2) is 19.0 Å². The lowest BCUT2D eigenvalue weighted by molar-refractivity contribution is 0.442. The van der Waals surface area contributed by atoms with Crippen molar-refractivity contribution in [1.29, 1.82) is 0 Å². The average molecular weight is 173 g/mol. The topological polar surface area (TPSA) is 80.6 Å². The molecule has 0 amide bonds. The van der Waals surface area contributed by atoms with Crippen molar-refractivity contribution < 1.29 is 19.0 Å². The molecule has 0 saturated heterocycles. The van der Waals surface area contributed by atoms with Crippen LogP contribution in [0.15, 0.2) is 23.1 Å². The molecule has 0 aromatic heterocycles. The molecule has 1 aromatic rings. The monoisotopic (exact) mass is 173 g/mol. The summed E-state index contributed by atoms with van der Waals surface area (Å²) in [5.41, 5.74) is 0. The van der Waals surface area contributed by atoms with E-state index in [1.54, 1.807) is 0 Å². The van der Waals surface area contributed by atoms with Crippen molar-refractivity contribution in [3.05, 3.63) is 18.2 Å². The van der Waals surface area contributed by atoms with Crippen LogP contribution < -0.4 is 0 Å². The van der Waals surface area contributed by atoms with Crippen molar-refractivity contribution in [3.8, 4) is 11.5 Å². The van der Waals surface area contributed by atoms with Crippen molar-refractivity contribution in [3.63, 3.8) is 0 Å². The zero-order valence-corrected chi connectivity index (χ0v) is 6.17. The highest BCUT2D eigenvalue weighted by atomic mass is 32.2. The van der Waals surface area contributed by atoms with Crippen LogP contribution in [0.3, 0.4) is 0 Å². The van der Waals surface area contributed by atoms with Crippen LogP contribution in [0.4, 0.5) is 0 Å². The molecule has 1 unspecified atom stereocenters. The van der Waals surface area contributed by atoms with Crippen molar-refractivity contribution in [2.75, 3.05) is 0 Å². The molecule has 11 heavy (non-hydrogen) atoms. The minimum absolute atomic E-state index is 0.193. The lowest BCUT2D eigenvalue weighted by Gasteiger charge is -2.06. The van der Waals surface area contributed by atoms with Gasteiger partial charge in [0.1, 0.15) is 11.5 Å². The first-order valence-corrected chi connectivity index (χ1v) is 3.80. The highest BCUT2D eigenvalue weighted by molar-refractivity contribution is 7.79. The largest absolute Gasteiger partial charge is 0.768 e. The second-order valence-electron chi connectivity index (χ2n) is 1.89. The molecule has 0 radical (unpaired) electrons. The molecule has 0 aliphatic carbocycles. The van der Waals surface area contributed by atoms with Crippen molar-refractivity contribution >= 4 is 11.1 Å². The SMILES string of the molecule is O=S([O-])c1cc(O)ccc1O. The first kappa shape index (κ1) is 8.03. The third-order valence-corrected chi connectivity index (χ3v) is 1.81. The van der Waals surface area contributed by atoms with Crippen LogP contribution in [0.1, 0.15) is 0 Å². The number of phenols is 2. The van der Waals surface area contributed by atoms with Gasteiger partial charge in [-0.25, -0.2) is 0 Å². The molecule has 0 aliphatic heterocycles. The van der Waals surface area contributed by atoms with Gasteiger partial charge in [0.25, 0.3) is 0 Å². The minimum Gasteiger partial charge on any atom is -0.768 e. The number of aromatic hydroxyl groups is 2. The van der Waals surface area contributed by atoms with Crippen LogP contribution in [0, 0.1) is 0 Å². The Hall–Kier alpha value is -1.07. The Balaban J connectivity index is 3.23. The summed E-state index contributed by atoms with van der Waals surface area (Å²) in [6.45, 7) is 0. The molecule has 0 bridgehead atoms. The van der Waals surface area contributed by atoms with Gasteiger partial charge < -0.3 is 14.8 Å². The standard InChI is InChI=1S/C6H6O4S/c7-4-1-2-5(8)6(3-4)11(9)10/h1-3,7-8H,(H,9,10)/p-1. The number of benzene rings is 1. The van der Waals surface area contributed by atoms with E-state index in [0.717, 1.165) is 12.1 Å². The number of phenolic OH excluding ortho intramolecular Hbond substituents is 2. The number of rotatable bonds is 1. The van der Waals surface area contributed by atoms with Gasteiger partial charge in [-0.2, -0.15) is 0 Å². The van der Waals surface area contributed by atoms with E-state index >= 15 is 0 Å². The highest BCUT2D eigenvalue weighted by Gasteiger charge is 2.01. The molecule has 0 spiro atoms. The van der Waals surface area contributed by atoms with Gasteiger partial charge in [0, 0.05) is 0 Å². The van der Waals surface area contributed by atoms with Gasteiger partial charge in [-0.15, -0.1) is 0 Å². The maximum atomic E-state index is 10.3. The van der Waals surface area contributed by atoms with Crippen molar-refractivity contribution in [1.82, 2.24) is 0 Å². The fourth-order valence-electron chi connectivity index (χ4n) is 0.636. The van der Waals surface area contributed by atoms with Gasteiger partial charge in [-0.1, -0.05) is 0 Å². The smallest absolute Gasteiger partial charge is 0.130 e. The summed E-state index contributed by atoms with van der Waals surface area (Å²) in [7, 11) is 0. The Morgan fingerprint density at radius 3 is 2.45 bits per heavy atom. The van der Waals surface area contributed by atoms with Gasteiger partial charge >= 0.3 is 0 Å². The van der Waals surface area contributed by atoms with Crippen LogP contribution in [0.2, 0.25) is 0 Å². The van der Waals surface area contributed by atoms with E-state index in [1.165, 1.54) is 6.07 Å². The maximum Gasteiger partial charge on any atom is 0.130 e. The van der Waals surface area contributed by atoms with Crippen LogP contribution in [0.5, 0.6) is 11.5 Å². The molecule has 1 atom stereocenters. The fraction of sp³-hybridized carbons (Fsp3) is 0. The molecule has 1 rings (SSSR count). The lowest BCUT2D eigenvalue weighted by atomic mass is 10.3. The molecule has 2 N–H and O–H groups in total. The zero-order valence-electron chi connectivity index (χ0n) is 5.35. The quantitative estimate of drug-likeness (QED) is 0.474. The van der Waals surface area contributed by atoms with Crippen LogP contribution in [-0.2, 0) is 11.1 Å². The van der Waals surface area contributed by atoms with Crippen LogP contribution >= 0.6 is 0 Å². The van der Waals surface area contributed by atoms with E-state index in [-0.39, 0.29) is 16.4 Å². The Morgan fingerprint density at radius 1 is 1.36 bits per heavy atom. The first-order chi connectivity index (χ1) is 5.11. The average Bonchev–Trinajstić information content (AvgIpc) is 1.94. The normalized spacial score (nSPS) is 12.8. The molecular weight excluding hydrogens is 168 g/mol. The summed E-state index contributed by atoms with van der Waals surface area (Å²) in [5, 5.41) is 17.7. The molecule has 0 fully saturated rings. The summed E-state index contributed by atoms with van der Waals surface area (Å²) < 4.78 is 20.6. The van der Waals surface area contributed by atoms with E-state index in [9.17, 15) is 8.76 Å². The van der Waals surface area contributed by atoms with Gasteiger partial charge in [-0.3, -0.25) is 4.21 Å². The van der Waals surface area contributed by atoms with E-state index < -0.39 is 11.1 Å². The Morgan fingerprint density at radius 2 is 2.00 bits per heavy atom. The lowest BCUT2D eigenvalue weighted by Crippen LogP contribution is -1.88. The molecule has 4 nitrogen and oxygen atoms in total. The Labute approximate surface area is 65.4 Å². The van der Waals surface area contributed by atoms with Crippen LogP contribution in [0.25, 0.3) is 0 Å². The molecule has 0 saturated carbocycles. The molecule has 5 heteroatoms. The second kappa shape index (κ2) is 2.89. The predicted molar refractivity (Wildman–Crippen MR) is 37.0 cm³/mol. The predicted octanol–water partition coefficient (Wildman–Crippen LogP) is 0.336. The highest BCUT2D eigenvalue weighted by Crippen LogP contribution is 2.23. The van der Waals surface area contributed by atoms with E-state index in [0.29, 0.717) is 0 Å². The summed E-state index contributed by atoms with van der Waals surface area (Å²) in [6.07, 6.45) is 0. The Bertz CT molecular complexity index is 297. The van der Waals surface area contributed by atoms with Gasteiger partial charge in [0.15, 0.2) is 0 Å². The third kappa shape index (κ3) is 1.69. The molecule has 0 heterocycles. The van der Waals surface area contributed by atoms with Crippen molar-refractivity contribution in [2.45, 2.75) is 4.90 Å². The van der Waals surface area contributed by atoms with E-state index in [2.05, 4.69) is 0 Å². The first-order valence-electron chi connectivity index (χ1n) is 2.72. The summed E-state index contributed by atoms with van der Waals surface area (Å²) >= 11 is -2.51. The molecule has 0 aliphatic rings. The summed E-state index contributed by atoms with van der Waals surface area (Å²) in [6, 6.07) is 3.28. The Kier molecular flexibility index (Phi) is 2.11. The maximum absolute atomic E-state index is 10.3. The van der Waals surface area contributed by atoms with E-state index in [4.69, 9.17) is 10.2 Å². The number of hydrogen-bond acceptors (Lipinski definition) is 4. The fourth-order valence-corrected chi connectivity index (χ4v) is 1.09. The van der Waals surface area contributed by atoms with Crippen molar-refractivity contribution in [2.24, 2.45) is 0 Å². The minimum atomic E-state index is -2.51. The van der Waals surface area contributed by atoms with Gasteiger partial charge in [-0.05, 0) is 29.3 Å². The molecule has 1 aromatic carbocycles. The van der Waals surface area contributed by atoms with Gasteiger partial charge in [0.05, 0.1) is 4.90 Å². The zero-order chi connectivity index (χ0) is 8.43. The van der Waals surface area contributed by atoms with Gasteiger partial charge in [0.2, 0.25) is 0 Å². The third-order valence-electron chi connectivity index (χ3n) is 1.12. The molecule has 60 valence electrons.